The Labute approximate surface area is 67.8 Å². The maximum Gasteiger partial charge on any atom is 0.106 e. The monoisotopic (exact) mass is 154 g/mol. The molecule has 11 heavy (non-hydrogen) atoms. The average molecular weight is 154 g/mol. The first kappa shape index (κ1) is 8.51. The first-order valence-corrected chi connectivity index (χ1v) is 4.16. The summed E-state index contributed by atoms with van der Waals surface area (Å²) in [6.45, 7) is 5.84. The minimum atomic E-state index is -0.678. The zero-order chi connectivity index (χ0) is 8.27. The quantitative estimate of drug-likeness (QED) is 0.470. The van der Waals surface area contributed by atoms with Crippen LogP contribution in [0.1, 0.15) is 26.2 Å². The molecule has 0 fully saturated rings. The van der Waals surface area contributed by atoms with Crippen LogP contribution in [0.3, 0.4) is 0 Å². The van der Waals surface area contributed by atoms with E-state index in [1.165, 1.54) is 0 Å². The molecule has 1 aliphatic rings. The Balaban J connectivity index is 2.58. The highest BCUT2D eigenvalue weighted by Crippen LogP contribution is 2.23. The summed E-state index contributed by atoms with van der Waals surface area (Å²) in [4.78, 5) is 0. The summed E-state index contributed by atoms with van der Waals surface area (Å²) in [5, 5.41) is 0. The van der Waals surface area contributed by atoms with E-state index in [0.717, 1.165) is 18.4 Å². The Bertz CT molecular complexity index is 170. The lowest BCUT2D eigenvalue weighted by Gasteiger charge is -2.18. The van der Waals surface area contributed by atoms with Gasteiger partial charge in [-0.15, -0.1) is 0 Å². The van der Waals surface area contributed by atoms with Crippen LogP contribution in [0.4, 0.5) is 4.39 Å². The van der Waals surface area contributed by atoms with E-state index in [1.54, 1.807) is 0 Å². The number of halogens is 1. The van der Waals surface area contributed by atoms with Crippen LogP contribution >= 0.6 is 0 Å². The number of hydrogen-bond donors (Lipinski definition) is 0. The second kappa shape index (κ2) is 3.70. The maximum absolute atomic E-state index is 13.1. The van der Waals surface area contributed by atoms with Crippen LogP contribution in [-0.4, -0.2) is 6.17 Å². The van der Waals surface area contributed by atoms with Crippen molar-refractivity contribution in [1.29, 1.82) is 0 Å². The van der Waals surface area contributed by atoms with E-state index in [9.17, 15) is 4.39 Å². The van der Waals surface area contributed by atoms with Gasteiger partial charge in [0.25, 0.3) is 0 Å². The third-order valence-corrected chi connectivity index (χ3v) is 2.16. The van der Waals surface area contributed by atoms with Crippen LogP contribution in [0.25, 0.3) is 0 Å². The van der Waals surface area contributed by atoms with Gasteiger partial charge >= 0.3 is 0 Å². The molecule has 0 saturated carbocycles. The molecule has 0 saturated heterocycles. The fraction of sp³-hybridized carbons (Fsp3) is 0.600. The Morgan fingerprint density at radius 1 is 1.55 bits per heavy atom. The molecular weight excluding hydrogens is 139 g/mol. The molecule has 0 spiro atoms. The van der Waals surface area contributed by atoms with Gasteiger partial charge in [-0.3, -0.25) is 0 Å². The van der Waals surface area contributed by atoms with Crippen LogP contribution < -0.4 is 0 Å². The van der Waals surface area contributed by atoms with Gasteiger partial charge in [-0.2, -0.15) is 0 Å². The second-order valence-electron chi connectivity index (χ2n) is 3.36. The van der Waals surface area contributed by atoms with Crippen LogP contribution in [0.15, 0.2) is 24.3 Å². The molecule has 0 N–H and O–H groups in total. The fourth-order valence-electron chi connectivity index (χ4n) is 1.38. The maximum atomic E-state index is 13.1. The third kappa shape index (κ3) is 2.49. The van der Waals surface area contributed by atoms with Crippen molar-refractivity contribution < 1.29 is 4.39 Å². The highest BCUT2D eigenvalue weighted by Gasteiger charge is 2.16. The second-order valence-corrected chi connectivity index (χ2v) is 3.36. The van der Waals surface area contributed by atoms with Gasteiger partial charge in [0.2, 0.25) is 0 Å². The molecule has 2 unspecified atom stereocenters. The molecule has 62 valence electrons. The first-order chi connectivity index (χ1) is 5.20. The van der Waals surface area contributed by atoms with E-state index in [2.05, 4.69) is 6.58 Å². The van der Waals surface area contributed by atoms with E-state index < -0.39 is 6.17 Å². The predicted molar refractivity (Wildman–Crippen MR) is 46.2 cm³/mol. The smallest absolute Gasteiger partial charge is 0.106 e. The fourth-order valence-corrected chi connectivity index (χ4v) is 1.38. The van der Waals surface area contributed by atoms with Crippen molar-refractivity contribution >= 4 is 0 Å². The largest absolute Gasteiger partial charge is 0.247 e. The zero-order valence-corrected chi connectivity index (χ0v) is 7.02. The van der Waals surface area contributed by atoms with E-state index in [1.807, 2.05) is 19.1 Å². The van der Waals surface area contributed by atoms with Crippen LogP contribution in [0.5, 0.6) is 0 Å². The average Bonchev–Trinajstić information content (AvgIpc) is 1.95. The molecule has 0 aromatic carbocycles. The van der Waals surface area contributed by atoms with Gasteiger partial charge in [0.05, 0.1) is 0 Å². The Kier molecular flexibility index (Phi) is 2.86. The van der Waals surface area contributed by atoms with Crippen molar-refractivity contribution in [3.05, 3.63) is 24.3 Å². The molecule has 0 amide bonds. The molecule has 2 atom stereocenters. The number of allylic oxidation sites excluding steroid dienone is 3. The molecule has 0 heterocycles. The van der Waals surface area contributed by atoms with E-state index in [4.69, 9.17) is 0 Å². The summed E-state index contributed by atoms with van der Waals surface area (Å²) in [6, 6.07) is 0. The topological polar surface area (TPSA) is 0 Å². The number of alkyl halides is 1. The molecule has 0 aromatic rings. The number of rotatable bonds is 0. The molecule has 0 nitrogen and oxygen atoms in total. The summed E-state index contributed by atoms with van der Waals surface area (Å²) < 4.78 is 13.1. The van der Waals surface area contributed by atoms with Gasteiger partial charge in [0, 0.05) is 0 Å². The van der Waals surface area contributed by atoms with Gasteiger partial charge in [0.15, 0.2) is 0 Å². The lowest BCUT2D eigenvalue weighted by molar-refractivity contribution is 0.240. The van der Waals surface area contributed by atoms with Crippen molar-refractivity contribution in [3.63, 3.8) is 0 Å². The van der Waals surface area contributed by atoms with Crippen molar-refractivity contribution in [2.45, 2.75) is 32.4 Å². The molecule has 0 radical (unpaired) electrons. The zero-order valence-electron chi connectivity index (χ0n) is 7.02. The summed E-state index contributed by atoms with van der Waals surface area (Å²) in [5.41, 5.74) is 1.15. The van der Waals surface area contributed by atoms with Gasteiger partial charge in [-0.05, 0) is 25.2 Å². The number of hydrogen-bond acceptors (Lipinski definition) is 0. The lowest BCUT2D eigenvalue weighted by Crippen LogP contribution is -2.13. The highest BCUT2D eigenvalue weighted by atomic mass is 19.1. The molecule has 0 aromatic heterocycles. The standard InChI is InChI=1S/C10H15F/c1-8-5-3-4-6-10(11)9(2)7-8/h3-4,9-10H,1,5-7H2,2H3. The third-order valence-electron chi connectivity index (χ3n) is 2.16. The molecule has 1 rings (SSSR count). The Morgan fingerprint density at radius 3 is 3.00 bits per heavy atom. The van der Waals surface area contributed by atoms with Crippen LogP contribution in [-0.2, 0) is 0 Å². The summed E-state index contributed by atoms with van der Waals surface area (Å²) >= 11 is 0. The Hall–Kier alpha value is -0.590. The van der Waals surface area contributed by atoms with Gasteiger partial charge in [0.1, 0.15) is 6.17 Å². The summed E-state index contributed by atoms with van der Waals surface area (Å²) in [7, 11) is 0. The minimum absolute atomic E-state index is 0.146. The lowest BCUT2D eigenvalue weighted by atomic mass is 9.92. The van der Waals surface area contributed by atoms with Crippen molar-refractivity contribution in [2.24, 2.45) is 5.92 Å². The normalized spacial score (nSPS) is 33.1. The van der Waals surface area contributed by atoms with Crippen molar-refractivity contribution in [1.82, 2.24) is 0 Å². The predicted octanol–water partition coefficient (Wildman–Crippen LogP) is 3.26. The SMILES string of the molecule is C=C1CC=CCC(F)C(C)C1. The first-order valence-electron chi connectivity index (χ1n) is 4.16. The molecule has 1 aliphatic carbocycles. The Morgan fingerprint density at radius 2 is 2.27 bits per heavy atom. The highest BCUT2D eigenvalue weighted by molar-refractivity contribution is 5.06. The molecule has 0 aliphatic heterocycles. The van der Waals surface area contributed by atoms with Crippen molar-refractivity contribution in [3.8, 4) is 0 Å². The van der Waals surface area contributed by atoms with Crippen LogP contribution in [0.2, 0.25) is 0 Å². The van der Waals surface area contributed by atoms with E-state index in [0.29, 0.717) is 6.42 Å². The van der Waals surface area contributed by atoms with Gasteiger partial charge in [-0.1, -0.05) is 31.2 Å². The van der Waals surface area contributed by atoms with Gasteiger partial charge in [-0.25, -0.2) is 4.39 Å². The minimum Gasteiger partial charge on any atom is -0.247 e. The van der Waals surface area contributed by atoms with Crippen LogP contribution in [0, 0.1) is 5.92 Å². The summed E-state index contributed by atoms with van der Waals surface area (Å²) in [6.07, 6.45) is 5.60. The van der Waals surface area contributed by atoms with E-state index >= 15 is 0 Å². The van der Waals surface area contributed by atoms with Gasteiger partial charge < -0.3 is 0 Å². The summed E-state index contributed by atoms with van der Waals surface area (Å²) in [5.74, 6) is 0.146. The van der Waals surface area contributed by atoms with Crippen molar-refractivity contribution in [2.75, 3.05) is 0 Å². The molecular formula is C10H15F. The molecule has 1 heteroatoms. The molecule has 0 bridgehead atoms. The van der Waals surface area contributed by atoms with E-state index in [-0.39, 0.29) is 5.92 Å².